The molecule has 13 rings (SSSR count). The molecule has 70 heavy (non-hydrogen) atoms. The van der Waals surface area contributed by atoms with E-state index >= 15 is 0 Å². The van der Waals surface area contributed by atoms with Gasteiger partial charge in [-0.3, -0.25) is 0 Å². The van der Waals surface area contributed by atoms with Crippen molar-refractivity contribution in [2.75, 3.05) is 19.6 Å². The van der Waals surface area contributed by atoms with Gasteiger partial charge in [0, 0.05) is 22.7 Å². The van der Waals surface area contributed by atoms with Gasteiger partial charge in [-0.05, 0) is 124 Å². The molecule has 3 heterocycles. The molecule has 0 fully saturated rings. The molecule has 6 heteroatoms. The van der Waals surface area contributed by atoms with Crippen LogP contribution in [0.3, 0.4) is 0 Å². The third kappa shape index (κ3) is 6.33. The molecule has 3 aliphatic rings. The Hall–Kier alpha value is -8.47. The second-order valence-corrected chi connectivity index (χ2v) is 19.0. The number of rotatable bonds is 6. The van der Waals surface area contributed by atoms with Crippen molar-refractivity contribution in [3.05, 3.63) is 253 Å². The van der Waals surface area contributed by atoms with Gasteiger partial charge in [-0.1, -0.05) is 189 Å². The van der Waals surface area contributed by atoms with Crippen LogP contribution >= 0.6 is 0 Å². The minimum atomic E-state index is 0.0216. The normalized spacial score (nSPS) is 13.3. The van der Waals surface area contributed by atoms with Crippen molar-refractivity contribution in [1.82, 2.24) is 0 Å². The zero-order chi connectivity index (χ0) is 47.0. The number of fused-ring (bicyclic) bond motifs is 6. The third-order valence-electron chi connectivity index (χ3n) is 15.2. The van der Waals surface area contributed by atoms with Crippen molar-refractivity contribution < 1.29 is 0 Å². The average molecular weight is 897 g/mol. The molecule has 0 N–H and O–H groups in total. The first kappa shape index (κ1) is 41.7. The zero-order valence-electron chi connectivity index (χ0n) is 39.9. The zero-order valence-corrected chi connectivity index (χ0v) is 39.9. The number of anilines is 12. The Morgan fingerprint density at radius 2 is 0.471 bits per heavy atom. The minimum Gasteiger partial charge on any atom is -0.306 e. The molecule has 0 amide bonds. The number of aryl methyl sites for hydroxylation is 2. The van der Waals surface area contributed by atoms with Gasteiger partial charge < -0.3 is 19.6 Å². The van der Waals surface area contributed by atoms with Gasteiger partial charge in [0.05, 0.1) is 45.5 Å². The predicted octanol–water partition coefficient (Wildman–Crippen LogP) is 12.8. The maximum Gasteiger partial charge on any atom is 0.240 e. The van der Waals surface area contributed by atoms with Crippen molar-refractivity contribution in [3.63, 3.8) is 0 Å². The summed E-state index contributed by atoms with van der Waals surface area (Å²) in [6, 6.07) is 84.9. The highest BCUT2D eigenvalue weighted by molar-refractivity contribution is 7.11. The monoisotopic (exact) mass is 896 g/mol. The quantitative estimate of drug-likeness (QED) is 0.154. The van der Waals surface area contributed by atoms with Gasteiger partial charge in [-0.15, -0.1) is 0 Å². The average Bonchev–Trinajstić information content (AvgIpc) is 3.41. The van der Waals surface area contributed by atoms with E-state index in [1.165, 1.54) is 66.4 Å². The number of nitrogens with zero attached hydrogens (tertiary/aromatic N) is 4. The molecule has 0 bridgehead atoms. The van der Waals surface area contributed by atoms with Crippen molar-refractivity contribution >= 4 is 114 Å². The lowest BCUT2D eigenvalue weighted by molar-refractivity contribution is 1.16. The molecule has 0 unspecified atom stereocenters. The summed E-state index contributed by atoms with van der Waals surface area (Å²) in [5, 5.41) is 0. The Morgan fingerprint density at radius 3 is 0.757 bits per heavy atom. The molecule has 10 aromatic rings. The minimum absolute atomic E-state index is 0.0216. The van der Waals surface area contributed by atoms with Crippen molar-refractivity contribution in [2.45, 2.75) is 27.7 Å². The lowest BCUT2D eigenvalue weighted by Crippen LogP contribution is -2.75. The molecular formula is C64H50B2N4. The first-order valence-electron chi connectivity index (χ1n) is 24.5. The molecular weight excluding hydrogens is 846 g/mol. The number of benzene rings is 10. The lowest BCUT2D eigenvalue weighted by atomic mass is 9.20. The van der Waals surface area contributed by atoms with E-state index in [9.17, 15) is 0 Å². The molecule has 332 valence electrons. The van der Waals surface area contributed by atoms with E-state index in [1.807, 2.05) is 0 Å². The first-order chi connectivity index (χ1) is 34.5. The van der Waals surface area contributed by atoms with Gasteiger partial charge in [0.2, 0.25) is 13.4 Å². The van der Waals surface area contributed by atoms with E-state index in [0.717, 1.165) is 56.9 Å². The maximum absolute atomic E-state index is 2.50. The van der Waals surface area contributed by atoms with Crippen LogP contribution in [0.4, 0.5) is 68.2 Å². The molecule has 0 aliphatic carbocycles. The van der Waals surface area contributed by atoms with Crippen LogP contribution in [0.15, 0.2) is 231 Å². The maximum atomic E-state index is 2.50. The fourth-order valence-corrected chi connectivity index (χ4v) is 12.2. The summed E-state index contributed by atoms with van der Waals surface area (Å²) >= 11 is 0. The highest BCUT2D eigenvalue weighted by Crippen LogP contribution is 2.56. The smallest absolute Gasteiger partial charge is 0.240 e. The molecule has 4 nitrogen and oxygen atoms in total. The fraction of sp³-hybridized carbons (Fsp3) is 0.0625. The third-order valence-corrected chi connectivity index (χ3v) is 15.2. The highest BCUT2D eigenvalue weighted by atomic mass is 15.3. The van der Waals surface area contributed by atoms with Crippen molar-refractivity contribution in [1.29, 1.82) is 0 Å². The summed E-state index contributed by atoms with van der Waals surface area (Å²) in [6.07, 6.45) is 0. The molecule has 3 aliphatic heterocycles. The topological polar surface area (TPSA) is 13.0 Å². The van der Waals surface area contributed by atoms with E-state index < -0.39 is 0 Å². The summed E-state index contributed by atoms with van der Waals surface area (Å²) in [4.78, 5) is 9.81. The molecule has 0 spiro atoms. The number of hydrogen-bond donors (Lipinski definition) is 0. The molecule has 0 radical (unpaired) electrons. The van der Waals surface area contributed by atoms with Crippen LogP contribution in [0.5, 0.6) is 0 Å². The van der Waals surface area contributed by atoms with Crippen LogP contribution in [0, 0.1) is 27.7 Å². The van der Waals surface area contributed by atoms with Crippen LogP contribution in [0.25, 0.3) is 0 Å². The van der Waals surface area contributed by atoms with Gasteiger partial charge in [-0.25, -0.2) is 0 Å². The Bertz CT molecular complexity index is 3280. The Kier molecular flexibility index (Phi) is 9.91. The van der Waals surface area contributed by atoms with Crippen molar-refractivity contribution in [3.8, 4) is 0 Å². The van der Waals surface area contributed by atoms with Gasteiger partial charge in [-0.2, -0.15) is 0 Å². The van der Waals surface area contributed by atoms with E-state index in [4.69, 9.17) is 0 Å². The molecule has 0 saturated heterocycles. The van der Waals surface area contributed by atoms with Crippen LogP contribution in [-0.2, 0) is 0 Å². The standard InChI is InChI=1S/C64H50B2N4/c1-43-39-41-53(69-59-35-19-15-31-55(59)67(47-23-7-5-8-24-47)56-32-16-20-36-60(56)69)45(3)63(43)65-49-27-11-13-29-51(49)66(52-30-14-12-28-50(52)65)64-44(2)40-42-54(46(64)4)70-61-37-21-17-33-57(61)68(48-25-9-6-10-26-48)58-34-18-22-38-62(58)70/h5-42H,1-4H3. The Labute approximate surface area is 412 Å². The van der Waals surface area contributed by atoms with Crippen molar-refractivity contribution in [2.24, 2.45) is 0 Å². The second-order valence-electron chi connectivity index (χ2n) is 19.0. The molecule has 0 saturated carbocycles. The van der Waals surface area contributed by atoms with Gasteiger partial charge in [0.15, 0.2) is 0 Å². The van der Waals surface area contributed by atoms with E-state index in [1.54, 1.807) is 0 Å². The number of hydrogen-bond acceptors (Lipinski definition) is 4. The fourth-order valence-electron chi connectivity index (χ4n) is 12.2. The van der Waals surface area contributed by atoms with E-state index in [0.29, 0.717) is 0 Å². The summed E-state index contributed by atoms with van der Waals surface area (Å²) in [7, 11) is 0. The van der Waals surface area contributed by atoms with Crippen LogP contribution in [0.2, 0.25) is 0 Å². The van der Waals surface area contributed by atoms with Crippen LogP contribution in [-0.4, -0.2) is 13.4 Å². The summed E-state index contributed by atoms with van der Waals surface area (Å²) in [5.74, 6) is 0. The van der Waals surface area contributed by atoms with Crippen LogP contribution < -0.4 is 52.4 Å². The summed E-state index contributed by atoms with van der Waals surface area (Å²) in [6.45, 7) is 9.37. The van der Waals surface area contributed by atoms with Gasteiger partial charge >= 0.3 is 0 Å². The molecule has 0 atom stereocenters. The highest BCUT2D eigenvalue weighted by Gasteiger charge is 2.42. The van der Waals surface area contributed by atoms with E-state index in [2.05, 4.69) is 278 Å². The SMILES string of the molecule is Cc1ccc(N2c3ccccc3N(c3ccccc3)c3ccccc32)c(C)c1B1c2ccccc2B(c2c(C)ccc(N3c4ccccc4N(c4ccccc4)c4ccccc43)c2C)c2ccccc21. The second kappa shape index (κ2) is 16.6. The lowest BCUT2D eigenvalue weighted by Gasteiger charge is -2.42. The van der Waals surface area contributed by atoms with Crippen LogP contribution in [0.1, 0.15) is 22.3 Å². The Morgan fingerprint density at radius 1 is 0.229 bits per heavy atom. The first-order valence-corrected chi connectivity index (χ1v) is 24.5. The number of para-hydroxylation sites is 10. The van der Waals surface area contributed by atoms with Gasteiger partial charge in [0.1, 0.15) is 0 Å². The summed E-state index contributed by atoms with van der Waals surface area (Å²) in [5.41, 5.74) is 27.3. The van der Waals surface area contributed by atoms with Gasteiger partial charge in [0.25, 0.3) is 0 Å². The van der Waals surface area contributed by atoms with E-state index in [-0.39, 0.29) is 13.4 Å². The summed E-state index contributed by atoms with van der Waals surface area (Å²) < 4.78 is 0. The Balaban J connectivity index is 0.971. The largest absolute Gasteiger partial charge is 0.306 e. The predicted molar refractivity (Wildman–Crippen MR) is 300 cm³/mol. The molecule has 0 aromatic heterocycles. The molecule has 10 aromatic carbocycles.